The number of carbonyl (C=O) groups excluding carboxylic acids is 1. The minimum absolute atomic E-state index is 0.0373. The van der Waals surface area contributed by atoms with Crippen LogP contribution in [-0.2, 0) is 0 Å². The number of nitrogens with one attached hydrogen (secondary N) is 3. The summed E-state index contributed by atoms with van der Waals surface area (Å²) >= 11 is 5.01. The van der Waals surface area contributed by atoms with Gasteiger partial charge in [0, 0.05) is 0 Å². The van der Waals surface area contributed by atoms with Gasteiger partial charge < -0.3 is 14.8 Å². The van der Waals surface area contributed by atoms with Crippen molar-refractivity contribution in [3.8, 4) is 11.5 Å². The van der Waals surface area contributed by atoms with Crippen LogP contribution in [0.1, 0.15) is 10.4 Å². The number of amides is 1. The first-order valence-corrected chi connectivity index (χ1v) is 7.30. The quantitative estimate of drug-likeness (QED) is 0.582. The van der Waals surface area contributed by atoms with Crippen molar-refractivity contribution in [2.75, 3.05) is 19.5 Å². The molecule has 0 saturated carbocycles. The summed E-state index contributed by atoms with van der Waals surface area (Å²) in [7, 11) is 2.95. The predicted molar refractivity (Wildman–Crippen MR) is 92.8 cm³/mol. The van der Waals surface area contributed by atoms with Gasteiger partial charge >= 0.3 is 0 Å². The molecule has 0 aromatic heterocycles. The number of halogens is 1. The lowest BCUT2D eigenvalue weighted by molar-refractivity contribution is 0.0940. The molecule has 24 heavy (non-hydrogen) atoms. The van der Waals surface area contributed by atoms with Crippen LogP contribution in [0.5, 0.6) is 11.5 Å². The van der Waals surface area contributed by atoms with Crippen molar-refractivity contribution in [3.05, 3.63) is 53.8 Å². The maximum absolute atomic E-state index is 13.5. The first kappa shape index (κ1) is 17.5. The lowest BCUT2D eigenvalue weighted by Crippen LogP contribution is -2.44. The SMILES string of the molecule is COc1ccc(OC)c(C(=O)NNC(=S)Nc2ccccc2F)c1. The molecule has 0 aliphatic heterocycles. The summed E-state index contributed by atoms with van der Waals surface area (Å²) in [5, 5.41) is 2.68. The summed E-state index contributed by atoms with van der Waals surface area (Å²) in [6.45, 7) is 0. The number of methoxy groups -OCH3 is 2. The molecule has 0 heterocycles. The molecule has 0 unspecified atom stereocenters. The van der Waals surface area contributed by atoms with Gasteiger partial charge in [0.05, 0.1) is 25.5 Å². The number of rotatable bonds is 4. The van der Waals surface area contributed by atoms with Gasteiger partial charge in [-0.1, -0.05) is 12.1 Å². The Morgan fingerprint density at radius 2 is 1.83 bits per heavy atom. The zero-order valence-electron chi connectivity index (χ0n) is 13.1. The van der Waals surface area contributed by atoms with Crippen LogP contribution < -0.4 is 25.6 Å². The molecule has 0 saturated heterocycles. The molecule has 0 bridgehead atoms. The fraction of sp³-hybridized carbons (Fsp3) is 0.125. The standard InChI is InChI=1S/C16H16FN3O3S/c1-22-10-7-8-14(23-2)11(9-10)15(21)19-20-16(24)18-13-6-4-3-5-12(13)17/h3-9H,1-2H3,(H,19,21)(H2,18,20,24). The van der Waals surface area contributed by atoms with E-state index in [0.717, 1.165) is 0 Å². The van der Waals surface area contributed by atoms with E-state index in [-0.39, 0.29) is 16.4 Å². The summed E-state index contributed by atoms with van der Waals surface area (Å²) in [5.41, 5.74) is 5.38. The van der Waals surface area contributed by atoms with Crippen LogP contribution >= 0.6 is 12.2 Å². The second-order valence-electron chi connectivity index (χ2n) is 4.58. The fourth-order valence-electron chi connectivity index (χ4n) is 1.89. The van der Waals surface area contributed by atoms with Gasteiger partial charge in [-0.2, -0.15) is 0 Å². The van der Waals surface area contributed by atoms with E-state index in [4.69, 9.17) is 21.7 Å². The number of ether oxygens (including phenoxy) is 2. The molecule has 2 rings (SSSR count). The molecule has 2 aromatic rings. The molecule has 2 aromatic carbocycles. The van der Waals surface area contributed by atoms with E-state index in [1.54, 1.807) is 24.3 Å². The zero-order valence-corrected chi connectivity index (χ0v) is 13.9. The van der Waals surface area contributed by atoms with Crippen molar-refractivity contribution in [2.45, 2.75) is 0 Å². The number of hydrogen-bond donors (Lipinski definition) is 3. The Balaban J connectivity index is 2.00. The van der Waals surface area contributed by atoms with Gasteiger partial charge in [0.15, 0.2) is 5.11 Å². The average Bonchev–Trinajstić information content (AvgIpc) is 2.61. The van der Waals surface area contributed by atoms with Gasteiger partial charge in [-0.05, 0) is 42.5 Å². The molecular formula is C16H16FN3O3S. The molecule has 3 N–H and O–H groups in total. The third-order valence-electron chi connectivity index (χ3n) is 3.06. The molecule has 0 aliphatic carbocycles. The van der Waals surface area contributed by atoms with Crippen LogP contribution in [0.15, 0.2) is 42.5 Å². The maximum Gasteiger partial charge on any atom is 0.273 e. The molecule has 1 amide bonds. The highest BCUT2D eigenvalue weighted by Gasteiger charge is 2.14. The van der Waals surface area contributed by atoms with Gasteiger partial charge in [0.1, 0.15) is 17.3 Å². The van der Waals surface area contributed by atoms with Crippen LogP contribution in [0, 0.1) is 5.82 Å². The monoisotopic (exact) mass is 349 g/mol. The van der Waals surface area contributed by atoms with Crippen LogP contribution in [0.3, 0.4) is 0 Å². The van der Waals surface area contributed by atoms with Gasteiger partial charge in [0.2, 0.25) is 0 Å². The van der Waals surface area contributed by atoms with Crippen molar-refractivity contribution in [3.63, 3.8) is 0 Å². The normalized spacial score (nSPS) is 9.79. The first-order valence-electron chi connectivity index (χ1n) is 6.89. The van der Waals surface area contributed by atoms with E-state index < -0.39 is 11.7 Å². The van der Waals surface area contributed by atoms with E-state index in [1.807, 2.05) is 0 Å². The summed E-state index contributed by atoms with van der Waals surface area (Å²) in [6.07, 6.45) is 0. The summed E-state index contributed by atoms with van der Waals surface area (Å²) in [6, 6.07) is 10.9. The van der Waals surface area contributed by atoms with Crippen LogP contribution in [0.4, 0.5) is 10.1 Å². The summed E-state index contributed by atoms with van der Waals surface area (Å²) in [4.78, 5) is 12.2. The van der Waals surface area contributed by atoms with Crippen molar-refractivity contribution < 1.29 is 18.7 Å². The van der Waals surface area contributed by atoms with Crippen molar-refractivity contribution in [2.24, 2.45) is 0 Å². The molecule has 6 nitrogen and oxygen atoms in total. The number of hydrogen-bond acceptors (Lipinski definition) is 4. The molecule has 0 atom stereocenters. The number of carbonyl (C=O) groups is 1. The topological polar surface area (TPSA) is 71.6 Å². The summed E-state index contributed by atoms with van der Waals surface area (Å²) < 4.78 is 23.8. The van der Waals surface area contributed by atoms with E-state index in [1.165, 1.54) is 32.4 Å². The highest BCUT2D eigenvalue weighted by molar-refractivity contribution is 7.80. The van der Waals surface area contributed by atoms with Gasteiger partial charge in [0.25, 0.3) is 5.91 Å². The predicted octanol–water partition coefficient (Wildman–Crippen LogP) is 2.47. The Bertz CT molecular complexity index is 755. The highest BCUT2D eigenvalue weighted by atomic mass is 32.1. The Morgan fingerprint density at radius 3 is 2.50 bits per heavy atom. The summed E-state index contributed by atoms with van der Waals surface area (Å²) in [5.74, 6) is -0.0537. The van der Waals surface area contributed by atoms with Crippen molar-refractivity contribution in [1.82, 2.24) is 10.9 Å². The fourth-order valence-corrected chi connectivity index (χ4v) is 2.05. The largest absolute Gasteiger partial charge is 0.497 e. The minimum Gasteiger partial charge on any atom is -0.497 e. The Morgan fingerprint density at radius 1 is 1.08 bits per heavy atom. The zero-order chi connectivity index (χ0) is 17.5. The highest BCUT2D eigenvalue weighted by Crippen LogP contribution is 2.23. The van der Waals surface area contributed by atoms with Crippen molar-refractivity contribution in [1.29, 1.82) is 0 Å². The molecule has 0 radical (unpaired) electrons. The van der Waals surface area contributed by atoms with E-state index in [2.05, 4.69) is 16.2 Å². The third kappa shape index (κ3) is 4.32. The smallest absolute Gasteiger partial charge is 0.273 e. The van der Waals surface area contributed by atoms with E-state index in [9.17, 15) is 9.18 Å². The number of benzene rings is 2. The third-order valence-corrected chi connectivity index (χ3v) is 3.27. The van der Waals surface area contributed by atoms with Gasteiger partial charge in [-0.3, -0.25) is 15.6 Å². The lowest BCUT2D eigenvalue weighted by atomic mass is 10.2. The van der Waals surface area contributed by atoms with Crippen molar-refractivity contribution >= 4 is 28.9 Å². The number of para-hydroxylation sites is 1. The minimum atomic E-state index is -0.483. The number of hydrazine groups is 1. The average molecular weight is 349 g/mol. The molecule has 126 valence electrons. The number of anilines is 1. The first-order chi connectivity index (χ1) is 11.5. The van der Waals surface area contributed by atoms with Crippen LogP contribution in [0.2, 0.25) is 0 Å². The van der Waals surface area contributed by atoms with E-state index in [0.29, 0.717) is 11.5 Å². The number of thiocarbonyl (C=S) groups is 1. The molecule has 8 heteroatoms. The molecule has 0 fully saturated rings. The Hall–Kier alpha value is -2.87. The lowest BCUT2D eigenvalue weighted by Gasteiger charge is -2.14. The van der Waals surface area contributed by atoms with Gasteiger partial charge in [-0.25, -0.2) is 4.39 Å². The van der Waals surface area contributed by atoms with E-state index >= 15 is 0 Å². The van der Waals surface area contributed by atoms with Gasteiger partial charge in [-0.15, -0.1) is 0 Å². The van der Waals surface area contributed by atoms with Crippen LogP contribution in [-0.4, -0.2) is 25.2 Å². The second kappa shape index (κ2) is 8.11. The Labute approximate surface area is 143 Å². The van der Waals surface area contributed by atoms with Crippen LogP contribution in [0.25, 0.3) is 0 Å². The molecule has 0 aliphatic rings. The Kier molecular flexibility index (Phi) is 5.91. The maximum atomic E-state index is 13.5. The second-order valence-corrected chi connectivity index (χ2v) is 4.99. The molecular weight excluding hydrogens is 333 g/mol. The molecule has 0 spiro atoms.